The van der Waals surface area contributed by atoms with E-state index in [1.54, 1.807) is 19.2 Å². The van der Waals surface area contributed by atoms with Crippen molar-refractivity contribution in [3.8, 4) is 5.75 Å². The highest BCUT2D eigenvalue weighted by Crippen LogP contribution is 2.35. The zero-order valence-electron chi connectivity index (χ0n) is 11.6. The van der Waals surface area contributed by atoms with Crippen LogP contribution in [0.25, 0.3) is 0 Å². The first-order chi connectivity index (χ1) is 9.42. The fraction of sp³-hybridized carbons (Fsp3) is 0.250. The minimum absolute atomic E-state index is 0.581. The number of hydrogen-bond acceptors (Lipinski definition) is 2. The molecule has 0 spiro atoms. The molecule has 0 amide bonds. The molecular formula is C16H16BrClO2. The summed E-state index contributed by atoms with van der Waals surface area (Å²) in [5.41, 5.74) is 3.59. The second-order valence-electron chi connectivity index (χ2n) is 4.80. The number of ether oxygens (including phenoxy) is 1. The molecule has 0 fully saturated rings. The lowest BCUT2D eigenvalue weighted by Gasteiger charge is -2.19. The van der Waals surface area contributed by atoms with E-state index in [9.17, 15) is 5.11 Å². The zero-order valence-corrected chi connectivity index (χ0v) is 13.9. The van der Waals surface area contributed by atoms with Gasteiger partial charge in [-0.2, -0.15) is 0 Å². The van der Waals surface area contributed by atoms with Gasteiger partial charge in [0.15, 0.2) is 0 Å². The fourth-order valence-electron chi connectivity index (χ4n) is 2.36. The Kier molecular flexibility index (Phi) is 4.74. The molecule has 0 aliphatic rings. The van der Waals surface area contributed by atoms with Crippen LogP contribution in [-0.4, -0.2) is 12.2 Å². The smallest absolute Gasteiger partial charge is 0.125 e. The highest BCUT2D eigenvalue weighted by molar-refractivity contribution is 9.10. The van der Waals surface area contributed by atoms with E-state index in [2.05, 4.69) is 15.9 Å². The molecule has 20 heavy (non-hydrogen) atoms. The third kappa shape index (κ3) is 3.17. The van der Waals surface area contributed by atoms with Gasteiger partial charge in [-0.1, -0.05) is 33.6 Å². The standard InChI is InChI=1S/C16H16BrClO2/c1-9-4-10(2)15(14(5-9)20-3)16(19)11-6-12(17)8-13(18)7-11/h4-8,16,19H,1-3H3. The van der Waals surface area contributed by atoms with Gasteiger partial charge in [-0.25, -0.2) is 0 Å². The van der Waals surface area contributed by atoms with Gasteiger partial charge in [0.05, 0.1) is 7.11 Å². The summed E-state index contributed by atoms with van der Waals surface area (Å²) in [7, 11) is 1.61. The predicted molar refractivity (Wildman–Crippen MR) is 85.7 cm³/mol. The topological polar surface area (TPSA) is 29.5 Å². The molecule has 2 aromatic rings. The van der Waals surface area contributed by atoms with Crippen molar-refractivity contribution in [1.82, 2.24) is 0 Å². The maximum Gasteiger partial charge on any atom is 0.125 e. The number of halogens is 2. The molecule has 1 atom stereocenters. The van der Waals surface area contributed by atoms with Crippen LogP contribution in [0.5, 0.6) is 5.75 Å². The number of methoxy groups -OCH3 is 1. The van der Waals surface area contributed by atoms with Crippen LogP contribution < -0.4 is 4.74 Å². The molecule has 1 unspecified atom stereocenters. The van der Waals surface area contributed by atoms with Crippen molar-refractivity contribution in [2.24, 2.45) is 0 Å². The number of aryl methyl sites for hydroxylation is 2. The minimum Gasteiger partial charge on any atom is -0.496 e. The van der Waals surface area contributed by atoms with E-state index in [1.807, 2.05) is 32.0 Å². The first-order valence-electron chi connectivity index (χ1n) is 6.21. The number of rotatable bonds is 3. The van der Waals surface area contributed by atoms with Crippen LogP contribution in [0.2, 0.25) is 5.02 Å². The summed E-state index contributed by atoms with van der Waals surface area (Å²) >= 11 is 9.44. The van der Waals surface area contributed by atoms with Gasteiger partial charge in [0.2, 0.25) is 0 Å². The van der Waals surface area contributed by atoms with Gasteiger partial charge in [0.25, 0.3) is 0 Å². The molecule has 0 aromatic heterocycles. The van der Waals surface area contributed by atoms with Crippen LogP contribution in [0, 0.1) is 13.8 Å². The Hall–Kier alpha value is -1.03. The Labute approximate surface area is 132 Å². The third-order valence-corrected chi connectivity index (χ3v) is 3.86. The summed E-state index contributed by atoms with van der Waals surface area (Å²) in [5.74, 6) is 0.686. The summed E-state index contributed by atoms with van der Waals surface area (Å²) in [6, 6.07) is 9.35. The average Bonchev–Trinajstić information content (AvgIpc) is 2.35. The van der Waals surface area contributed by atoms with Crippen LogP contribution in [0.1, 0.15) is 28.4 Å². The van der Waals surface area contributed by atoms with Gasteiger partial charge in [-0.05, 0) is 54.8 Å². The summed E-state index contributed by atoms with van der Waals surface area (Å²) in [5, 5.41) is 11.2. The van der Waals surface area contributed by atoms with Crippen LogP contribution in [0.4, 0.5) is 0 Å². The van der Waals surface area contributed by atoms with E-state index in [0.717, 1.165) is 26.7 Å². The van der Waals surface area contributed by atoms with Crippen molar-refractivity contribution in [1.29, 1.82) is 0 Å². The average molecular weight is 356 g/mol. The van der Waals surface area contributed by atoms with Gasteiger partial charge in [-0.15, -0.1) is 0 Å². The molecule has 0 radical (unpaired) electrons. The molecule has 0 aliphatic carbocycles. The van der Waals surface area contributed by atoms with E-state index in [1.165, 1.54) is 0 Å². The van der Waals surface area contributed by atoms with Gasteiger partial charge in [0.1, 0.15) is 11.9 Å². The Morgan fingerprint density at radius 2 is 1.85 bits per heavy atom. The summed E-state index contributed by atoms with van der Waals surface area (Å²) in [6.45, 7) is 3.97. The van der Waals surface area contributed by atoms with E-state index in [0.29, 0.717) is 10.8 Å². The van der Waals surface area contributed by atoms with Crippen LogP contribution >= 0.6 is 27.5 Å². The maximum absolute atomic E-state index is 10.7. The molecule has 0 saturated heterocycles. The molecule has 2 aromatic carbocycles. The highest BCUT2D eigenvalue weighted by atomic mass is 79.9. The second kappa shape index (κ2) is 6.17. The molecule has 106 valence electrons. The van der Waals surface area contributed by atoms with E-state index < -0.39 is 6.10 Å². The minimum atomic E-state index is -0.777. The Bertz CT molecular complexity index is 620. The molecule has 0 aliphatic heterocycles. The monoisotopic (exact) mass is 354 g/mol. The first kappa shape index (κ1) is 15.4. The van der Waals surface area contributed by atoms with Crippen molar-refractivity contribution >= 4 is 27.5 Å². The lowest BCUT2D eigenvalue weighted by Crippen LogP contribution is -2.05. The van der Waals surface area contributed by atoms with Gasteiger partial charge in [0, 0.05) is 15.1 Å². The summed E-state index contributed by atoms with van der Waals surface area (Å²) in [6.07, 6.45) is -0.777. The number of aliphatic hydroxyl groups excluding tert-OH is 1. The van der Waals surface area contributed by atoms with Crippen molar-refractivity contribution in [3.63, 3.8) is 0 Å². The molecule has 0 bridgehead atoms. The van der Waals surface area contributed by atoms with Crippen LogP contribution in [0.15, 0.2) is 34.8 Å². The first-order valence-corrected chi connectivity index (χ1v) is 7.38. The van der Waals surface area contributed by atoms with Crippen LogP contribution in [0.3, 0.4) is 0 Å². The maximum atomic E-state index is 10.7. The zero-order chi connectivity index (χ0) is 14.9. The summed E-state index contributed by atoms with van der Waals surface area (Å²) in [4.78, 5) is 0. The number of benzene rings is 2. The van der Waals surface area contributed by atoms with Crippen LogP contribution in [-0.2, 0) is 0 Å². The molecule has 0 saturated carbocycles. The van der Waals surface area contributed by atoms with Gasteiger partial charge < -0.3 is 9.84 Å². The van der Waals surface area contributed by atoms with E-state index >= 15 is 0 Å². The lowest BCUT2D eigenvalue weighted by molar-refractivity contribution is 0.214. The fourth-order valence-corrected chi connectivity index (χ4v) is 3.25. The second-order valence-corrected chi connectivity index (χ2v) is 6.16. The highest BCUT2D eigenvalue weighted by Gasteiger charge is 2.19. The van der Waals surface area contributed by atoms with Gasteiger partial charge >= 0.3 is 0 Å². The molecular weight excluding hydrogens is 340 g/mol. The van der Waals surface area contributed by atoms with Gasteiger partial charge in [-0.3, -0.25) is 0 Å². The predicted octanol–water partition coefficient (Wildman–Crippen LogP) is 4.81. The van der Waals surface area contributed by atoms with Crippen molar-refractivity contribution in [3.05, 3.63) is 62.1 Å². The molecule has 0 heterocycles. The van der Waals surface area contributed by atoms with Crippen molar-refractivity contribution < 1.29 is 9.84 Å². The quantitative estimate of drug-likeness (QED) is 0.856. The Morgan fingerprint density at radius 1 is 1.15 bits per heavy atom. The molecule has 2 rings (SSSR count). The molecule has 4 heteroatoms. The number of hydrogen-bond donors (Lipinski definition) is 1. The van der Waals surface area contributed by atoms with Crippen molar-refractivity contribution in [2.45, 2.75) is 20.0 Å². The molecule has 1 N–H and O–H groups in total. The Balaban J connectivity index is 2.55. The lowest BCUT2D eigenvalue weighted by atomic mass is 9.95. The largest absolute Gasteiger partial charge is 0.496 e. The van der Waals surface area contributed by atoms with E-state index in [-0.39, 0.29) is 0 Å². The third-order valence-electron chi connectivity index (χ3n) is 3.19. The van der Waals surface area contributed by atoms with Crippen molar-refractivity contribution in [2.75, 3.05) is 7.11 Å². The number of aliphatic hydroxyl groups is 1. The van der Waals surface area contributed by atoms with E-state index in [4.69, 9.17) is 16.3 Å². The molecule has 2 nitrogen and oxygen atoms in total. The SMILES string of the molecule is COc1cc(C)cc(C)c1C(O)c1cc(Cl)cc(Br)c1. The normalized spacial score (nSPS) is 12.3. The Morgan fingerprint density at radius 3 is 2.45 bits per heavy atom. The summed E-state index contributed by atoms with van der Waals surface area (Å²) < 4.78 is 6.24.